The van der Waals surface area contributed by atoms with Crippen LogP contribution in [0.25, 0.3) is 0 Å². The molecule has 1 aliphatic heterocycles. The summed E-state index contributed by atoms with van der Waals surface area (Å²) in [6, 6.07) is 0. The minimum absolute atomic E-state index is 0.00399. The molecule has 0 radical (unpaired) electrons. The number of nitrogens with zero attached hydrogens (tertiary/aromatic N) is 1. The van der Waals surface area contributed by atoms with Crippen molar-refractivity contribution in [2.24, 2.45) is 0 Å². The third kappa shape index (κ3) is 1.84. The summed E-state index contributed by atoms with van der Waals surface area (Å²) in [6.07, 6.45) is 2.04. The number of carbonyl (C=O) groups excluding carboxylic acids is 1. The molecule has 4 heteroatoms. The van der Waals surface area contributed by atoms with E-state index in [1.54, 1.807) is 11.0 Å². The predicted molar refractivity (Wildman–Crippen MR) is 42.6 cm³/mol. The van der Waals surface area contributed by atoms with Gasteiger partial charge in [-0.25, -0.2) is 4.79 Å². The molecule has 0 saturated heterocycles. The number of carboxylic acids is 1. The van der Waals surface area contributed by atoms with Crippen LogP contribution in [0.4, 0.5) is 0 Å². The van der Waals surface area contributed by atoms with E-state index < -0.39 is 5.97 Å². The highest BCUT2D eigenvalue weighted by molar-refractivity contribution is 5.87. The van der Waals surface area contributed by atoms with Crippen LogP contribution in [0.15, 0.2) is 11.6 Å². The molecular weight excluding hydrogens is 158 g/mol. The molecule has 0 aliphatic carbocycles. The maximum Gasteiger partial charge on any atom is 0.331 e. The molecule has 0 unspecified atom stereocenters. The van der Waals surface area contributed by atoms with Crippen molar-refractivity contribution in [3.05, 3.63) is 11.6 Å². The molecule has 12 heavy (non-hydrogen) atoms. The Morgan fingerprint density at radius 2 is 2.25 bits per heavy atom. The lowest BCUT2D eigenvalue weighted by atomic mass is 10.1. The largest absolute Gasteiger partial charge is 0.478 e. The number of amides is 1. The van der Waals surface area contributed by atoms with Gasteiger partial charge in [-0.05, 0) is 6.42 Å². The molecule has 0 aromatic rings. The molecule has 1 rings (SSSR count). The zero-order chi connectivity index (χ0) is 9.14. The molecule has 0 spiro atoms. The molecule has 0 aromatic carbocycles. The zero-order valence-corrected chi connectivity index (χ0v) is 6.91. The molecule has 66 valence electrons. The monoisotopic (exact) mass is 169 g/mol. The van der Waals surface area contributed by atoms with Crippen molar-refractivity contribution in [2.45, 2.75) is 13.3 Å². The molecule has 1 amide bonds. The van der Waals surface area contributed by atoms with E-state index in [0.717, 1.165) is 0 Å². The van der Waals surface area contributed by atoms with Gasteiger partial charge < -0.3 is 10.0 Å². The van der Waals surface area contributed by atoms with Crippen LogP contribution in [-0.4, -0.2) is 35.0 Å². The summed E-state index contributed by atoms with van der Waals surface area (Å²) in [5, 5.41) is 8.59. The van der Waals surface area contributed by atoms with Crippen LogP contribution in [0.1, 0.15) is 13.3 Å². The second-order valence-corrected chi connectivity index (χ2v) is 2.75. The van der Waals surface area contributed by atoms with Crippen molar-refractivity contribution in [1.29, 1.82) is 0 Å². The third-order valence-electron chi connectivity index (χ3n) is 1.93. The lowest BCUT2D eigenvalue weighted by Gasteiger charge is -2.23. The average molecular weight is 169 g/mol. The Morgan fingerprint density at radius 3 is 2.58 bits per heavy atom. The number of carbonyl (C=O) groups is 2. The van der Waals surface area contributed by atoms with Gasteiger partial charge in [0.15, 0.2) is 0 Å². The molecule has 4 nitrogen and oxygen atoms in total. The van der Waals surface area contributed by atoms with E-state index in [9.17, 15) is 9.59 Å². The van der Waals surface area contributed by atoms with Gasteiger partial charge >= 0.3 is 5.97 Å². The van der Waals surface area contributed by atoms with E-state index in [2.05, 4.69) is 0 Å². The Balaban J connectivity index is 2.59. The van der Waals surface area contributed by atoms with Gasteiger partial charge in [-0.15, -0.1) is 0 Å². The molecule has 0 atom stereocenters. The first-order valence-corrected chi connectivity index (χ1v) is 3.79. The summed E-state index contributed by atoms with van der Waals surface area (Å²) in [5.41, 5.74) is 0.410. The zero-order valence-electron chi connectivity index (χ0n) is 6.91. The Labute approximate surface area is 70.5 Å². The Morgan fingerprint density at radius 1 is 1.58 bits per heavy atom. The van der Waals surface area contributed by atoms with E-state index in [1.165, 1.54) is 6.92 Å². The van der Waals surface area contributed by atoms with Crippen LogP contribution in [0.3, 0.4) is 0 Å². The highest BCUT2D eigenvalue weighted by Crippen LogP contribution is 2.10. The fourth-order valence-corrected chi connectivity index (χ4v) is 1.15. The predicted octanol–water partition coefficient (Wildman–Crippen LogP) is 0.250. The van der Waals surface area contributed by atoms with Crippen LogP contribution in [-0.2, 0) is 9.59 Å². The van der Waals surface area contributed by atoms with Crippen molar-refractivity contribution >= 4 is 11.9 Å². The standard InChI is InChI=1S/C8H11NO3/c1-6(10)9-4-2-7(3-5-9)8(11)12/h2H,3-5H2,1H3,(H,11,12). The van der Waals surface area contributed by atoms with Crippen LogP contribution in [0, 0.1) is 0 Å². The van der Waals surface area contributed by atoms with Gasteiger partial charge in [0.25, 0.3) is 0 Å². The fourth-order valence-electron chi connectivity index (χ4n) is 1.15. The maximum atomic E-state index is 10.8. The highest BCUT2D eigenvalue weighted by Gasteiger charge is 2.16. The summed E-state index contributed by atoms with van der Waals surface area (Å²) in [5.74, 6) is -0.881. The number of hydrogen-bond acceptors (Lipinski definition) is 2. The molecule has 1 N–H and O–H groups in total. The van der Waals surface area contributed by atoms with Crippen LogP contribution < -0.4 is 0 Å². The second-order valence-electron chi connectivity index (χ2n) is 2.75. The van der Waals surface area contributed by atoms with Crippen LogP contribution >= 0.6 is 0 Å². The smallest absolute Gasteiger partial charge is 0.331 e. The lowest BCUT2D eigenvalue weighted by molar-refractivity contribution is -0.134. The third-order valence-corrected chi connectivity index (χ3v) is 1.93. The van der Waals surface area contributed by atoms with Gasteiger partial charge in [0.2, 0.25) is 5.91 Å². The van der Waals surface area contributed by atoms with Crippen molar-refractivity contribution in [3.63, 3.8) is 0 Å². The van der Waals surface area contributed by atoms with Gasteiger partial charge in [-0.2, -0.15) is 0 Å². The maximum absolute atomic E-state index is 10.8. The molecular formula is C8H11NO3. The number of hydrogen-bond donors (Lipinski definition) is 1. The SMILES string of the molecule is CC(=O)N1CC=C(C(=O)O)CC1. The highest BCUT2D eigenvalue weighted by atomic mass is 16.4. The summed E-state index contributed by atoms with van der Waals surface area (Å²) in [7, 11) is 0. The van der Waals surface area contributed by atoms with Crippen molar-refractivity contribution in [1.82, 2.24) is 4.90 Å². The minimum atomic E-state index is -0.877. The first-order chi connectivity index (χ1) is 5.61. The Bertz CT molecular complexity index is 245. The van der Waals surface area contributed by atoms with E-state index in [4.69, 9.17) is 5.11 Å². The van der Waals surface area contributed by atoms with Gasteiger partial charge in [0.1, 0.15) is 0 Å². The molecule has 1 aliphatic rings. The second kappa shape index (κ2) is 3.38. The Kier molecular flexibility index (Phi) is 2.47. The molecule has 0 fully saturated rings. The van der Waals surface area contributed by atoms with Crippen molar-refractivity contribution in [3.8, 4) is 0 Å². The number of rotatable bonds is 1. The number of aliphatic carboxylic acids is 1. The van der Waals surface area contributed by atoms with Gasteiger partial charge in [0.05, 0.1) is 0 Å². The van der Waals surface area contributed by atoms with Gasteiger partial charge in [0, 0.05) is 25.6 Å². The van der Waals surface area contributed by atoms with E-state index >= 15 is 0 Å². The minimum Gasteiger partial charge on any atom is -0.478 e. The van der Waals surface area contributed by atoms with E-state index in [1.807, 2.05) is 0 Å². The van der Waals surface area contributed by atoms with Crippen molar-refractivity contribution in [2.75, 3.05) is 13.1 Å². The summed E-state index contributed by atoms with van der Waals surface area (Å²) < 4.78 is 0. The van der Waals surface area contributed by atoms with Crippen LogP contribution in [0.5, 0.6) is 0 Å². The molecule has 1 heterocycles. The normalized spacial score (nSPS) is 17.1. The van der Waals surface area contributed by atoms with Gasteiger partial charge in [-0.1, -0.05) is 6.08 Å². The first kappa shape index (κ1) is 8.77. The van der Waals surface area contributed by atoms with Gasteiger partial charge in [-0.3, -0.25) is 4.79 Å². The fraction of sp³-hybridized carbons (Fsp3) is 0.500. The van der Waals surface area contributed by atoms with E-state index in [-0.39, 0.29) is 5.91 Å². The Hall–Kier alpha value is -1.32. The summed E-state index contributed by atoms with van der Waals surface area (Å²) in [4.78, 5) is 22.9. The topological polar surface area (TPSA) is 57.6 Å². The number of carboxylic acid groups (broad SMARTS) is 1. The van der Waals surface area contributed by atoms with Crippen LogP contribution in [0.2, 0.25) is 0 Å². The molecule has 0 aromatic heterocycles. The summed E-state index contributed by atoms with van der Waals surface area (Å²) in [6.45, 7) is 2.43. The summed E-state index contributed by atoms with van der Waals surface area (Å²) >= 11 is 0. The van der Waals surface area contributed by atoms with E-state index in [0.29, 0.717) is 25.1 Å². The lowest BCUT2D eigenvalue weighted by Crippen LogP contribution is -2.33. The quantitative estimate of drug-likeness (QED) is 0.612. The van der Waals surface area contributed by atoms with Crippen molar-refractivity contribution < 1.29 is 14.7 Å². The average Bonchev–Trinajstić information content (AvgIpc) is 2.04. The first-order valence-electron chi connectivity index (χ1n) is 3.79. The molecule has 0 bridgehead atoms. The molecule has 0 saturated carbocycles.